The maximum atomic E-state index is 12.6. The van der Waals surface area contributed by atoms with Gasteiger partial charge in [-0.25, -0.2) is 0 Å². The van der Waals surface area contributed by atoms with E-state index in [1.165, 1.54) is 0 Å². The van der Waals surface area contributed by atoms with E-state index in [4.69, 9.17) is 5.73 Å². The van der Waals surface area contributed by atoms with Crippen LogP contribution in [-0.4, -0.2) is 36.1 Å². The van der Waals surface area contributed by atoms with Crippen molar-refractivity contribution in [2.24, 2.45) is 17.6 Å². The fourth-order valence-corrected chi connectivity index (χ4v) is 2.90. The Labute approximate surface area is 111 Å². The van der Waals surface area contributed by atoms with E-state index in [2.05, 4.69) is 0 Å². The lowest BCUT2D eigenvalue weighted by Crippen LogP contribution is -2.42. The molecule has 6 heteroatoms. The second-order valence-corrected chi connectivity index (χ2v) is 5.64. The van der Waals surface area contributed by atoms with Crippen LogP contribution in [0.1, 0.15) is 38.5 Å². The van der Waals surface area contributed by atoms with E-state index in [0.29, 0.717) is 25.9 Å². The molecular weight excluding hydrogens is 257 g/mol. The summed E-state index contributed by atoms with van der Waals surface area (Å²) in [6.07, 6.45) is -1.22. The fraction of sp³-hybridized carbons (Fsp3) is 0.923. The zero-order valence-corrected chi connectivity index (χ0v) is 11.0. The van der Waals surface area contributed by atoms with Gasteiger partial charge in [0.05, 0.1) is 5.92 Å². The van der Waals surface area contributed by atoms with E-state index < -0.39 is 12.1 Å². The van der Waals surface area contributed by atoms with Crippen LogP contribution in [0.2, 0.25) is 0 Å². The molecule has 0 atom stereocenters. The summed E-state index contributed by atoms with van der Waals surface area (Å²) in [6.45, 7) is 0.947. The molecule has 0 radical (unpaired) electrons. The van der Waals surface area contributed by atoms with Crippen molar-refractivity contribution in [2.45, 2.75) is 50.7 Å². The van der Waals surface area contributed by atoms with Crippen LogP contribution in [-0.2, 0) is 4.79 Å². The van der Waals surface area contributed by atoms with Gasteiger partial charge >= 0.3 is 6.18 Å². The molecule has 19 heavy (non-hydrogen) atoms. The van der Waals surface area contributed by atoms with Gasteiger partial charge in [0.2, 0.25) is 5.91 Å². The summed E-state index contributed by atoms with van der Waals surface area (Å²) >= 11 is 0. The highest BCUT2D eigenvalue weighted by Crippen LogP contribution is 2.40. The normalized spacial score (nSPS) is 28.2. The number of halogens is 3. The largest absolute Gasteiger partial charge is 0.391 e. The number of hydrogen-bond donors (Lipinski definition) is 1. The van der Waals surface area contributed by atoms with Gasteiger partial charge in [0, 0.05) is 25.0 Å². The first kappa shape index (κ1) is 14.6. The molecule has 0 aromatic heterocycles. The van der Waals surface area contributed by atoms with Crippen molar-refractivity contribution in [3.63, 3.8) is 0 Å². The van der Waals surface area contributed by atoms with Gasteiger partial charge in [-0.3, -0.25) is 4.79 Å². The third-order valence-electron chi connectivity index (χ3n) is 4.18. The molecule has 1 amide bonds. The van der Waals surface area contributed by atoms with Crippen molar-refractivity contribution in [3.8, 4) is 0 Å². The molecule has 2 aliphatic rings. The van der Waals surface area contributed by atoms with E-state index in [-0.39, 0.29) is 30.7 Å². The van der Waals surface area contributed by atoms with Crippen LogP contribution in [0.15, 0.2) is 0 Å². The zero-order valence-electron chi connectivity index (χ0n) is 11.0. The predicted octanol–water partition coefficient (Wildman–Crippen LogP) is 2.30. The van der Waals surface area contributed by atoms with Crippen LogP contribution in [0.4, 0.5) is 13.2 Å². The van der Waals surface area contributed by atoms with Crippen molar-refractivity contribution in [3.05, 3.63) is 0 Å². The molecule has 0 bridgehead atoms. The minimum atomic E-state index is -4.11. The van der Waals surface area contributed by atoms with Crippen molar-refractivity contribution < 1.29 is 18.0 Å². The molecule has 2 rings (SSSR count). The van der Waals surface area contributed by atoms with Crippen molar-refractivity contribution in [1.82, 2.24) is 4.90 Å². The molecule has 0 aromatic rings. The van der Waals surface area contributed by atoms with Gasteiger partial charge in [0.25, 0.3) is 0 Å². The van der Waals surface area contributed by atoms with Crippen LogP contribution in [0.25, 0.3) is 0 Å². The molecule has 0 aromatic carbocycles. The molecule has 0 unspecified atom stereocenters. The van der Waals surface area contributed by atoms with Gasteiger partial charge < -0.3 is 10.6 Å². The van der Waals surface area contributed by atoms with E-state index in [0.717, 1.165) is 12.8 Å². The number of alkyl halides is 3. The minimum Gasteiger partial charge on any atom is -0.338 e. The van der Waals surface area contributed by atoms with Crippen LogP contribution >= 0.6 is 0 Å². The Morgan fingerprint density at radius 1 is 1.11 bits per heavy atom. The summed E-state index contributed by atoms with van der Waals surface area (Å²) in [5.41, 5.74) is 5.50. The Hall–Kier alpha value is -0.780. The number of amides is 1. The monoisotopic (exact) mass is 278 g/mol. The topological polar surface area (TPSA) is 46.3 Å². The molecular formula is C13H21F3N2O. The summed E-state index contributed by atoms with van der Waals surface area (Å²) in [5.74, 6) is -1.43. The van der Waals surface area contributed by atoms with Gasteiger partial charge in [-0.05, 0) is 38.5 Å². The Morgan fingerprint density at radius 2 is 1.68 bits per heavy atom. The van der Waals surface area contributed by atoms with Crippen LogP contribution in [0, 0.1) is 11.8 Å². The van der Waals surface area contributed by atoms with Gasteiger partial charge in [-0.15, -0.1) is 0 Å². The molecule has 0 heterocycles. The molecule has 2 saturated carbocycles. The summed E-state index contributed by atoms with van der Waals surface area (Å²) in [5, 5.41) is 0. The first-order valence-electron chi connectivity index (χ1n) is 7.00. The average molecular weight is 278 g/mol. The molecule has 2 fully saturated rings. The second kappa shape index (κ2) is 5.69. The Kier molecular flexibility index (Phi) is 4.38. The van der Waals surface area contributed by atoms with Gasteiger partial charge in [-0.1, -0.05) is 0 Å². The second-order valence-electron chi connectivity index (χ2n) is 5.64. The third-order valence-corrected chi connectivity index (χ3v) is 4.18. The highest BCUT2D eigenvalue weighted by Gasteiger charge is 2.44. The summed E-state index contributed by atoms with van der Waals surface area (Å²) in [6, 6.07) is 0.288. The number of rotatable bonds is 4. The highest BCUT2D eigenvalue weighted by molar-refractivity contribution is 5.79. The standard InChI is InChI=1S/C13H21F3N2O/c14-13(15,16)10-3-1-9(2-4-10)12(19)18(8-7-17)11-5-6-11/h9-11H,1-8,17H2. The SMILES string of the molecule is NCCN(C(=O)C1CCC(C(F)(F)F)CC1)C1CC1. The van der Waals surface area contributed by atoms with E-state index in [9.17, 15) is 18.0 Å². The molecule has 0 spiro atoms. The molecule has 3 nitrogen and oxygen atoms in total. The lowest BCUT2D eigenvalue weighted by atomic mass is 9.81. The summed E-state index contributed by atoms with van der Waals surface area (Å²) < 4.78 is 37.7. The third kappa shape index (κ3) is 3.61. The number of carbonyl (C=O) groups is 1. The van der Waals surface area contributed by atoms with Crippen molar-refractivity contribution in [1.29, 1.82) is 0 Å². The Bertz CT molecular complexity index is 320. The quantitative estimate of drug-likeness (QED) is 0.857. The lowest BCUT2D eigenvalue weighted by molar-refractivity contribution is -0.185. The molecule has 2 N–H and O–H groups in total. The maximum Gasteiger partial charge on any atom is 0.391 e. The van der Waals surface area contributed by atoms with Crippen LogP contribution < -0.4 is 5.73 Å². The smallest absolute Gasteiger partial charge is 0.338 e. The van der Waals surface area contributed by atoms with Crippen LogP contribution in [0.3, 0.4) is 0 Å². The molecule has 0 saturated heterocycles. The Morgan fingerprint density at radius 3 is 2.11 bits per heavy atom. The van der Waals surface area contributed by atoms with E-state index >= 15 is 0 Å². The highest BCUT2D eigenvalue weighted by atomic mass is 19.4. The predicted molar refractivity (Wildman–Crippen MR) is 65.3 cm³/mol. The molecule has 0 aliphatic heterocycles. The fourth-order valence-electron chi connectivity index (χ4n) is 2.90. The zero-order chi connectivity index (χ0) is 14.0. The Balaban J connectivity index is 1.87. The maximum absolute atomic E-state index is 12.6. The van der Waals surface area contributed by atoms with Crippen LogP contribution in [0.5, 0.6) is 0 Å². The molecule has 110 valence electrons. The average Bonchev–Trinajstić information content (AvgIpc) is 3.18. The number of nitrogens with zero attached hydrogens (tertiary/aromatic N) is 1. The minimum absolute atomic E-state index is 0.0218. The van der Waals surface area contributed by atoms with Gasteiger partial charge in [0.1, 0.15) is 0 Å². The lowest BCUT2D eigenvalue weighted by Gasteiger charge is -2.32. The first-order chi connectivity index (χ1) is 8.93. The number of carbonyl (C=O) groups excluding carboxylic acids is 1. The van der Waals surface area contributed by atoms with Gasteiger partial charge in [0.15, 0.2) is 0 Å². The van der Waals surface area contributed by atoms with Crippen molar-refractivity contribution >= 4 is 5.91 Å². The summed E-state index contributed by atoms with van der Waals surface area (Å²) in [7, 11) is 0. The summed E-state index contributed by atoms with van der Waals surface area (Å²) in [4.78, 5) is 14.1. The van der Waals surface area contributed by atoms with Gasteiger partial charge in [-0.2, -0.15) is 13.2 Å². The van der Waals surface area contributed by atoms with E-state index in [1.54, 1.807) is 4.90 Å². The van der Waals surface area contributed by atoms with E-state index in [1.807, 2.05) is 0 Å². The number of nitrogens with two attached hydrogens (primary N) is 1. The molecule has 2 aliphatic carbocycles. The first-order valence-corrected chi connectivity index (χ1v) is 7.00. The van der Waals surface area contributed by atoms with Crippen molar-refractivity contribution in [2.75, 3.05) is 13.1 Å². The number of hydrogen-bond acceptors (Lipinski definition) is 2.